The molecule has 118 valence electrons. The van der Waals surface area contributed by atoms with Gasteiger partial charge in [0.2, 0.25) is 5.91 Å². The number of carbonyl (C=O) groups is 1. The molecular formula is C17H23N3O2. The van der Waals surface area contributed by atoms with E-state index in [0.29, 0.717) is 17.9 Å². The molecule has 0 radical (unpaired) electrons. The molecule has 0 bridgehead atoms. The Morgan fingerprint density at radius 1 is 1.32 bits per heavy atom. The molecule has 1 aromatic carbocycles. The summed E-state index contributed by atoms with van der Waals surface area (Å²) in [6.45, 7) is 6.60. The molecule has 2 aromatic rings. The van der Waals surface area contributed by atoms with Gasteiger partial charge in [0.05, 0.1) is 0 Å². The maximum absolute atomic E-state index is 12.8. The van der Waals surface area contributed by atoms with E-state index in [9.17, 15) is 4.79 Å². The molecule has 1 amide bonds. The Hall–Kier alpha value is -2.14. The minimum atomic E-state index is -0.342. The lowest BCUT2D eigenvalue weighted by atomic mass is 10.0. The minimum absolute atomic E-state index is 0.0726. The Labute approximate surface area is 131 Å². The van der Waals surface area contributed by atoms with E-state index in [1.54, 1.807) is 0 Å². The lowest BCUT2D eigenvalue weighted by Crippen LogP contribution is -2.34. The quantitative estimate of drug-likeness (QED) is 0.890. The molecule has 5 heteroatoms. The SMILES string of the molecule is CCc1noc(C)c1NC(=O)C(c1ccccc1)N(C)CC. The predicted molar refractivity (Wildman–Crippen MR) is 86.7 cm³/mol. The molecular weight excluding hydrogens is 278 g/mol. The molecule has 1 N–H and O–H groups in total. The Balaban J connectivity index is 2.28. The number of benzene rings is 1. The van der Waals surface area contributed by atoms with Crippen molar-refractivity contribution >= 4 is 11.6 Å². The zero-order valence-electron chi connectivity index (χ0n) is 13.6. The number of hydrogen-bond donors (Lipinski definition) is 1. The van der Waals surface area contributed by atoms with Crippen LogP contribution in [0.3, 0.4) is 0 Å². The summed E-state index contributed by atoms with van der Waals surface area (Å²) in [6.07, 6.45) is 0.715. The number of nitrogens with one attached hydrogen (secondary N) is 1. The average Bonchev–Trinajstić information content (AvgIpc) is 2.88. The molecule has 0 aliphatic carbocycles. The molecule has 0 aliphatic heterocycles. The number of rotatable bonds is 6. The van der Waals surface area contributed by atoms with E-state index in [-0.39, 0.29) is 11.9 Å². The fourth-order valence-electron chi connectivity index (χ4n) is 2.44. The summed E-state index contributed by atoms with van der Waals surface area (Å²) in [5.74, 6) is 0.563. The molecule has 5 nitrogen and oxygen atoms in total. The zero-order chi connectivity index (χ0) is 16.1. The van der Waals surface area contributed by atoms with Crippen LogP contribution in [0.15, 0.2) is 34.9 Å². The van der Waals surface area contributed by atoms with Crippen molar-refractivity contribution in [1.82, 2.24) is 10.1 Å². The van der Waals surface area contributed by atoms with Crippen LogP contribution in [0.5, 0.6) is 0 Å². The third-order valence-electron chi connectivity index (χ3n) is 3.82. The highest BCUT2D eigenvalue weighted by atomic mass is 16.5. The molecule has 1 aromatic heterocycles. The van der Waals surface area contributed by atoms with Crippen molar-refractivity contribution in [1.29, 1.82) is 0 Å². The van der Waals surface area contributed by atoms with Crippen molar-refractivity contribution in [3.8, 4) is 0 Å². The number of hydrogen-bond acceptors (Lipinski definition) is 4. The first-order valence-electron chi connectivity index (χ1n) is 7.59. The van der Waals surface area contributed by atoms with E-state index < -0.39 is 0 Å². The van der Waals surface area contributed by atoms with Gasteiger partial charge in [-0.3, -0.25) is 9.69 Å². The lowest BCUT2D eigenvalue weighted by molar-refractivity contribution is -0.121. The van der Waals surface area contributed by atoms with Gasteiger partial charge in [-0.25, -0.2) is 0 Å². The van der Waals surface area contributed by atoms with Crippen molar-refractivity contribution < 1.29 is 9.32 Å². The van der Waals surface area contributed by atoms with Gasteiger partial charge in [0, 0.05) is 0 Å². The van der Waals surface area contributed by atoms with Crippen molar-refractivity contribution in [3.05, 3.63) is 47.3 Å². The van der Waals surface area contributed by atoms with Crippen LogP contribution in [-0.4, -0.2) is 29.6 Å². The number of nitrogens with zero attached hydrogens (tertiary/aromatic N) is 2. The Kier molecular flexibility index (Phi) is 5.33. The van der Waals surface area contributed by atoms with E-state index >= 15 is 0 Å². The minimum Gasteiger partial charge on any atom is -0.359 e. The van der Waals surface area contributed by atoms with Crippen LogP contribution in [0, 0.1) is 6.92 Å². The normalized spacial score (nSPS) is 12.4. The van der Waals surface area contributed by atoms with Crippen LogP contribution in [0.2, 0.25) is 0 Å². The van der Waals surface area contributed by atoms with Gasteiger partial charge in [-0.1, -0.05) is 49.3 Å². The molecule has 1 atom stereocenters. The molecule has 0 spiro atoms. The molecule has 0 fully saturated rings. The van der Waals surface area contributed by atoms with E-state index in [1.807, 2.05) is 63.1 Å². The highest BCUT2D eigenvalue weighted by Crippen LogP contribution is 2.25. The van der Waals surface area contributed by atoms with Gasteiger partial charge in [-0.05, 0) is 32.5 Å². The standard InChI is InChI=1S/C17H23N3O2/c1-5-14-15(12(3)22-19-14)18-17(21)16(20(4)6-2)13-10-8-7-9-11-13/h7-11,16H,5-6H2,1-4H3,(H,18,21). The van der Waals surface area contributed by atoms with Gasteiger partial charge in [-0.2, -0.15) is 0 Å². The Morgan fingerprint density at radius 3 is 2.59 bits per heavy atom. The predicted octanol–water partition coefficient (Wildman–Crippen LogP) is 3.18. The maximum atomic E-state index is 12.8. The van der Waals surface area contributed by atoms with Crippen LogP contribution in [0.1, 0.15) is 36.9 Å². The van der Waals surface area contributed by atoms with Crippen molar-refractivity contribution in [2.45, 2.75) is 33.2 Å². The van der Waals surface area contributed by atoms with Gasteiger partial charge >= 0.3 is 0 Å². The van der Waals surface area contributed by atoms with Gasteiger partial charge < -0.3 is 9.84 Å². The third-order valence-corrected chi connectivity index (χ3v) is 3.82. The third kappa shape index (κ3) is 3.36. The summed E-state index contributed by atoms with van der Waals surface area (Å²) >= 11 is 0. The summed E-state index contributed by atoms with van der Waals surface area (Å²) in [4.78, 5) is 14.8. The summed E-state index contributed by atoms with van der Waals surface area (Å²) < 4.78 is 5.18. The topological polar surface area (TPSA) is 58.4 Å². The van der Waals surface area contributed by atoms with Crippen molar-refractivity contribution in [2.75, 3.05) is 18.9 Å². The highest BCUT2D eigenvalue weighted by Gasteiger charge is 2.26. The average molecular weight is 301 g/mol. The zero-order valence-corrected chi connectivity index (χ0v) is 13.6. The second-order valence-corrected chi connectivity index (χ2v) is 5.29. The van der Waals surface area contributed by atoms with E-state index in [1.165, 1.54) is 0 Å². The first kappa shape index (κ1) is 16.2. The van der Waals surface area contributed by atoms with Gasteiger partial charge in [0.15, 0.2) is 5.76 Å². The van der Waals surface area contributed by atoms with Crippen LogP contribution >= 0.6 is 0 Å². The maximum Gasteiger partial charge on any atom is 0.246 e. The second-order valence-electron chi connectivity index (χ2n) is 5.29. The number of likely N-dealkylation sites (N-methyl/N-ethyl adjacent to an activating group) is 1. The number of carbonyl (C=O) groups excluding carboxylic acids is 1. The number of aryl methyl sites for hydroxylation is 2. The van der Waals surface area contributed by atoms with Gasteiger partial charge in [0.1, 0.15) is 17.4 Å². The van der Waals surface area contributed by atoms with Gasteiger partial charge in [-0.15, -0.1) is 0 Å². The fourth-order valence-corrected chi connectivity index (χ4v) is 2.44. The van der Waals surface area contributed by atoms with Crippen LogP contribution < -0.4 is 5.32 Å². The summed E-state index contributed by atoms with van der Waals surface area (Å²) in [5, 5.41) is 6.97. The van der Waals surface area contributed by atoms with Crippen LogP contribution in [-0.2, 0) is 11.2 Å². The summed E-state index contributed by atoms with van der Waals surface area (Å²) in [7, 11) is 1.94. The second kappa shape index (κ2) is 7.22. The molecule has 2 rings (SSSR count). The molecule has 1 unspecified atom stereocenters. The smallest absolute Gasteiger partial charge is 0.246 e. The largest absolute Gasteiger partial charge is 0.359 e. The van der Waals surface area contributed by atoms with E-state index in [4.69, 9.17) is 4.52 Å². The molecule has 22 heavy (non-hydrogen) atoms. The van der Waals surface area contributed by atoms with Gasteiger partial charge in [0.25, 0.3) is 0 Å². The lowest BCUT2D eigenvalue weighted by Gasteiger charge is -2.26. The van der Waals surface area contributed by atoms with E-state index in [0.717, 1.165) is 17.8 Å². The number of anilines is 1. The molecule has 1 heterocycles. The van der Waals surface area contributed by atoms with Crippen molar-refractivity contribution in [3.63, 3.8) is 0 Å². The summed E-state index contributed by atoms with van der Waals surface area (Å²) in [5.41, 5.74) is 2.44. The molecule has 0 aliphatic rings. The Morgan fingerprint density at radius 2 is 2.00 bits per heavy atom. The first-order valence-corrected chi connectivity index (χ1v) is 7.59. The number of aromatic nitrogens is 1. The first-order chi connectivity index (χ1) is 10.6. The molecule has 0 saturated heterocycles. The highest BCUT2D eigenvalue weighted by molar-refractivity contribution is 5.96. The van der Waals surface area contributed by atoms with Crippen LogP contribution in [0.4, 0.5) is 5.69 Å². The summed E-state index contributed by atoms with van der Waals surface area (Å²) in [6, 6.07) is 9.44. The monoisotopic (exact) mass is 301 g/mol. The fraction of sp³-hybridized carbons (Fsp3) is 0.412. The molecule has 0 saturated carbocycles. The van der Waals surface area contributed by atoms with Crippen molar-refractivity contribution in [2.24, 2.45) is 0 Å². The Bertz CT molecular complexity index is 622. The number of amides is 1. The van der Waals surface area contributed by atoms with E-state index in [2.05, 4.69) is 10.5 Å². The van der Waals surface area contributed by atoms with Crippen LogP contribution in [0.25, 0.3) is 0 Å².